The molecular weight excluding hydrogens is 152 g/mol. The van der Waals surface area contributed by atoms with Gasteiger partial charge in [0.05, 0.1) is 0 Å². The van der Waals surface area contributed by atoms with Gasteiger partial charge in [0.25, 0.3) is 0 Å². The zero-order valence-corrected chi connectivity index (χ0v) is 8.37. The molecule has 0 aromatic heterocycles. The van der Waals surface area contributed by atoms with E-state index in [1.807, 2.05) is 14.1 Å². The SMILES string of the molecule is CN1N=NN(C)C1=CC(C)(C)C. The lowest BCUT2D eigenvalue weighted by atomic mass is 9.96. The fraction of sp³-hybridized carbons (Fsp3) is 0.750. The highest BCUT2D eigenvalue weighted by atomic mass is 15.8. The molecule has 0 amide bonds. The standard InChI is InChI=1S/C8H16N4/c1-8(2,3)6-7-11(4)9-10-12(7)5/h6H,1-5H3. The molecule has 4 nitrogen and oxygen atoms in total. The molecule has 1 aliphatic rings. The van der Waals surface area contributed by atoms with Crippen molar-refractivity contribution in [3.8, 4) is 0 Å². The van der Waals surface area contributed by atoms with E-state index in [1.54, 1.807) is 10.0 Å². The molecule has 0 atom stereocenters. The van der Waals surface area contributed by atoms with Crippen LogP contribution in [-0.4, -0.2) is 24.1 Å². The molecule has 0 radical (unpaired) electrons. The maximum Gasteiger partial charge on any atom is 0.144 e. The summed E-state index contributed by atoms with van der Waals surface area (Å²) in [7, 11) is 3.79. The van der Waals surface area contributed by atoms with Crippen molar-refractivity contribution >= 4 is 0 Å². The van der Waals surface area contributed by atoms with E-state index in [0.717, 1.165) is 5.82 Å². The van der Waals surface area contributed by atoms with E-state index in [0.29, 0.717) is 0 Å². The first-order valence-corrected chi connectivity index (χ1v) is 4.02. The van der Waals surface area contributed by atoms with Crippen molar-refractivity contribution in [2.24, 2.45) is 15.9 Å². The van der Waals surface area contributed by atoms with Crippen LogP contribution in [0.15, 0.2) is 22.3 Å². The van der Waals surface area contributed by atoms with E-state index in [9.17, 15) is 0 Å². The lowest BCUT2D eigenvalue weighted by molar-refractivity contribution is 0.361. The second kappa shape index (κ2) is 2.77. The predicted octanol–water partition coefficient (Wildman–Crippen LogP) is 2.03. The summed E-state index contributed by atoms with van der Waals surface area (Å²) in [6.07, 6.45) is 2.15. The van der Waals surface area contributed by atoms with Crippen LogP contribution in [0, 0.1) is 5.41 Å². The molecule has 0 saturated heterocycles. The number of allylic oxidation sites excluding steroid dienone is 1. The summed E-state index contributed by atoms with van der Waals surface area (Å²) >= 11 is 0. The Morgan fingerprint density at radius 1 is 1.08 bits per heavy atom. The molecule has 1 heterocycles. The Bertz CT molecular complexity index is 210. The summed E-state index contributed by atoms with van der Waals surface area (Å²) in [6, 6.07) is 0. The van der Waals surface area contributed by atoms with Crippen LogP contribution in [0.25, 0.3) is 0 Å². The van der Waals surface area contributed by atoms with Gasteiger partial charge in [-0.25, -0.2) is 10.0 Å². The van der Waals surface area contributed by atoms with Crippen molar-refractivity contribution in [3.63, 3.8) is 0 Å². The molecule has 0 aromatic rings. The first-order chi connectivity index (χ1) is 5.40. The van der Waals surface area contributed by atoms with Gasteiger partial charge in [0.2, 0.25) is 0 Å². The third-order valence-corrected chi connectivity index (χ3v) is 1.53. The van der Waals surface area contributed by atoms with Crippen molar-refractivity contribution in [2.75, 3.05) is 14.1 Å². The summed E-state index contributed by atoms with van der Waals surface area (Å²) in [4.78, 5) is 0. The van der Waals surface area contributed by atoms with Crippen LogP contribution in [0.2, 0.25) is 0 Å². The lowest BCUT2D eigenvalue weighted by Crippen LogP contribution is -2.18. The summed E-state index contributed by atoms with van der Waals surface area (Å²) in [5.41, 5.74) is 0.160. The third kappa shape index (κ3) is 1.96. The molecule has 4 heteroatoms. The van der Waals surface area contributed by atoms with Crippen LogP contribution in [0.5, 0.6) is 0 Å². The average Bonchev–Trinajstić information content (AvgIpc) is 2.16. The van der Waals surface area contributed by atoms with Gasteiger partial charge in [-0.05, 0) is 21.9 Å². The van der Waals surface area contributed by atoms with E-state index in [2.05, 4.69) is 37.3 Å². The minimum absolute atomic E-state index is 0.160. The molecule has 0 aromatic carbocycles. The zero-order valence-electron chi connectivity index (χ0n) is 8.37. The molecule has 12 heavy (non-hydrogen) atoms. The normalized spacial score (nSPS) is 17.6. The quantitative estimate of drug-likeness (QED) is 0.554. The Hall–Kier alpha value is -1.06. The Morgan fingerprint density at radius 3 is 1.83 bits per heavy atom. The van der Waals surface area contributed by atoms with Gasteiger partial charge in [0.1, 0.15) is 5.82 Å². The summed E-state index contributed by atoms with van der Waals surface area (Å²) in [5.74, 6) is 1.03. The highest BCUT2D eigenvalue weighted by molar-refractivity contribution is 5.04. The average molecular weight is 168 g/mol. The molecule has 0 N–H and O–H groups in total. The van der Waals surface area contributed by atoms with Gasteiger partial charge in [-0.2, -0.15) is 0 Å². The fourth-order valence-corrected chi connectivity index (χ4v) is 0.995. The molecule has 0 saturated carbocycles. The predicted molar refractivity (Wildman–Crippen MR) is 47.9 cm³/mol. The number of nitrogens with zero attached hydrogens (tertiary/aromatic N) is 4. The Labute approximate surface area is 73.5 Å². The zero-order chi connectivity index (χ0) is 9.35. The van der Waals surface area contributed by atoms with Crippen LogP contribution in [-0.2, 0) is 0 Å². The van der Waals surface area contributed by atoms with Crippen molar-refractivity contribution in [1.29, 1.82) is 0 Å². The van der Waals surface area contributed by atoms with Crippen molar-refractivity contribution in [3.05, 3.63) is 11.9 Å². The Morgan fingerprint density at radius 2 is 1.50 bits per heavy atom. The molecule has 1 aliphatic heterocycles. The van der Waals surface area contributed by atoms with Crippen LogP contribution in [0.4, 0.5) is 0 Å². The third-order valence-electron chi connectivity index (χ3n) is 1.53. The van der Waals surface area contributed by atoms with Crippen LogP contribution in [0.1, 0.15) is 20.8 Å². The molecule has 0 bridgehead atoms. The lowest BCUT2D eigenvalue weighted by Gasteiger charge is -2.19. The second-order valence-electron chi connectivity index (χ2n) is 4.09. The molecule has 0 fully saturated rings. The van der Waals surface area contributed by atoms with Gasteiger partial charge in [-0.1, -0.05) is 20.8 Å². The van der Waals surface area contributed by atoms with Gasteiger partial charge >= 0.3 is 0 Å². The molecule has 1 rings (SSSR count). The molecular formula is C8H16N4. The van der Waals surface area contributed by atoms with Crippen LogP contribution >= 0.6 is 0 Å². The first-order valence-electron chi connectivity index (χ1n) is 4.02. The molecule has 0 spiro atoms. The first kappa shape index (κ1) is 9.03. The van der Waals surface area contributed by atoms with Gasteiger partial charge in [0.15, 0.2) is 0 Å². The summed E-state index contributed by atoms with van der Waals surface area (Å²) in [6.45, 7) is 6.46. The van der Waals surface area contributed by atoms with E-state index >= 15 is 0 Å². The van der Waals surface area contributed by atoms with Gasteiger partial charge in [0, 0.05) is 14.1 Å². The molecule has 68 valence electrons. The van der Waals surface area contributed by atoms with Crippen molar-refractivity contribution in [2.45, 2.75) is 20.8 Å². The highest BCUT2D eigenvalue weighted by Crippen LogP contribution is 2.23. The minimum atomic E-state index is 0.160. The summed E-state index contributed by atoms with van der Waals surface area (Å²) in [5, 5.41) is 11.3. The van der Waals surface area contributed by atoms with Crippen molar-refractivity contribution < 1.29 is 0 Å². The van der Waals surface area contributed by atoms with E-state index in [4.69, 9.17) is 0 Å². The maximum absolute atomic E-state index is 3.90. The van der Waals surface area contributed by atoms with E-state index in [-0.39, 0.29) is 5.41 Å². The Balaban J connectivity index is 2.82. The van der Waals surface area contributed by atoms with Crippen molar-refractivity contribution in [1.82, 2.24) is 10.0 Å². The summed E-state index contributed by atoms with van der Waals surface area (Å²) < 4.78 is 0. The number of hydrogen-bond donors (Lipinski definition) is 0. The number of hydrogen-bond acceptors (Lipinski definition) is 4. The van der Waals surface area contributed by atoms with E-state index < -0.39 is 0 Å². The maximum atomic E-state index is 3.90. The molecule has 0 aliphatic carbocycles. The monoisotopic (exact) mass is 168 g/mol. The molecule has 0 unspecified atom stereocenters. The van der Waals surface area contributed by atoms with E-state index in [1.165, 1.54) is 0 Å². The van der Waals surface area contributed by atoms with Crippen LogP contribution in [0.3, 0.4) is 0 Å². The highest BCUT2D eigenvalue weighted by Gasteiger charge is 2.19. The second-order valence-corrected chi connectivity index (χ2v) is 4.09. The largest absolute Gasteiger partial charge is 0.231 e. The van der Waals surface area contributed by atoms with Gasteiger partial charge in [-0.15, -0.1) is 0 Å². The number of rotatable bonds is 0. The smallest absolute Gasteiger partial charge is 0.144 e. The Kier molecular flexibility index (Phi) is 2.08. The van der Waals surface area contributed by atoms with Gasteiger partial charge < -0.3 is 0 Å². The van der Waals surface area contributed by atoms with Gasteiger partial charge in [-0.3, -0.25) is 0 Å². The van der Waals surface area contributed by atoms with Crippen LogP contribution < -0.4 is 0 Å². The fourth-order valence-electron chi connectivity index (χ4n) is 0.995. The minimum Gasteiger partial charge on any atom is -0.231 e. The topological polar surface area (TPSA) is 31.2 Å².